The molecular weight excluding hydrogens is 250 g/mol. The molecule has 1 aliphatic rings. The van der Waals surface area contributed by atoms with Crippen molar-refractivity contribution in [1.29, 1.82) is 0 Å². The highest BCUT2D eigenvalue weighted by molar-refractivity contribution is 5.75. The van der Waals surface area contributed by atoms with Crippen LogP contribution in [0.3, 0.4) is 0 Å². The number of aliphatic hydroxyl groups excluding tert-OH is 1. The lowest BCUT2D eigenvalue weighted by molar-refractivity contribution is -0.151. The summed E-state index contributed by atoms with van der Waals surface area (Å²) < 4.78 is 10.2. The van der Waals surface area contributed by atoms with Crippen LogP contribution in [0.4, 0.5) is 4.79 Å². The Morgan fingerprint density at radius 2 is 1.95 bits per heavy atom. The number of likely N-dealkylation sites (tertiary alicyclic amines) is 1. The fourth-order valence-electron chi connectivity index (χ4n) is 1.98. The second-order valence-corrected chi connectivity index (χ2v) is 5.72. The molecule has 0 bridgehead atoms. The number of aliphatic hydroxyl groups is 1. The number of carbonyl (C=O) groups is 2. The largest absolute Gasteiger partial charge is 0.466 e. The molecule has 1 heterocycles. The van der Waals surface area contributed by atoms with Gasteiger partial charge in [-0.1, -0.05) is 0 Å². The normalized spacial score (nSPS) is 23.9. The van der Waals surface area contributed by atoms with Crippen LogP contribution in [0.25, 0.3) is 0 Å². The SMILES string of the molecule is CCOC(=O)[C@H]1C[C@H](O)CN(C(=O)OC(C)(C)C)C1. The molecule has 2 atom stereocenters. The first-order chi connectivity index (χ1) is 8.73. The summed E-state index contributed by atoms with van der Waals surface area (Å²) >= 11 is 0. The number of ether oxygens (including phenoxy) is 2. The van der Waals surface area contributed by atoms with Crippen LogP contribution in [-0.2, 0) is 14.3 Å². The Labute approximate surface area is 113 Å². The lowest BCUT2D eigenvalue weighted by Gasteiger charge is -2.35. The van der Waals surface area contributed by atoms with E-state index in [-0.39, 0.29) is 25.7 Å². The molecule has 1 fully saturated rings. The Morgan fingerprint density at radius 3 is 2.47 bits per heavy atom. The topological polar surface area (TPSA) is 76.1 Å². The Hall–Kier alpha value is -1.30. The number of β-amino-alcohol motifs (C(OH)–C–C–N with tert-alkyl or cyclic N) is 1. The minimum absolute atomic E-state index is 0.185. The summed E-state index contributed by atoms with van der Waals surface area (Å²) in [5.41, 5.74) is -0.598. The summed E-state index contributed by atoms with van der Waals surface area (Å²) in [6.45, 7) is 7.74. The second-order valence-electron chi connectivity index (χ2n) is 5.72. The number of esters is 1. The zero-order valence-electron chi connectivity index (χ0n) is 12.0. The second kappa shape index (κ2) is 6.23. The molecule has 0 aromatic rings. The molecule has 1 aliphatic heterocycles. The molecule has 19 heavy (non-hydrogen) atoms. The average Bonchev–Trinajstić information content (AvgIpc) is 2.26. The number of hydrogen-bond acceptors (Lipinski definition) is 5. The van der Waals surface area contributed by atoms with Gasteiger partial charge in [0.2, 0.25) is 0 Å². The van der Waals surface area contributed by atoms with Gasteiger partial charge in [0.25, 0.3) is 0 Å². The van der Waals surface area contributed by atoms with Gasteiger partial charge in [0.1, 0.15) is 5.60 Å². The highest BCUT2D eigenvalue weighted by atomic mass is 16.6. The fraction of sp³-hybridized carbons (Fsp3) is 0.846. The predicted molar refractivity (Wildman–Crippen MR) is 68.6 cm³/mol. The molecule has 110 valence electrons. The lowest BCUT2D eigenvalue weighted by Crippen LogP contribution is -2.50. The molecule has 1 saturated heterocycles. The van der Waals surface area contributed by atoms with E-state index in [0.29, 0.717) is 6.42 Å². The first-order valence-electron chi connectivity index (χ1n) is 6.55. The standard InChI is InChI=1S/C13H23NO5/c1-5-18-11(16)9-6-10(15)8-14(7-9)12(17)19-13(2,3)4/h9-10,15H,5-8H2,1-4H3/t9-,10-/m0/s1. The summed E-state index contributed by atoms with van der Waals surface area (Å²) in [7, 11) is 0. The van der Waals surface area contributed by atoms with Crippen molar-refractivity contribution in [3.05, 3.63) is 0 Å². The van der Waals surface area contributed by atoms with E-state index in [1.165, 1.54) is 4.90 Å². The van der Waals surface area contributed by atoms with E-state index in [4.69, 9.17) is 9.47 Å². The maximum absolute atomic E-state index is 11.9. The lowest BCUT2D eigenvalue weighted by atomic mass is 9.96. The summed E-state index contributed by atoms with van der Waals surface area (Å²) in [6.07, 6.45) is -0.922. The molecule has 6 nitrogen and oxygen atoms in total. The maximum Gasteiger partial charge on any atom is 0.410 e. The van der Waals surface area contributed by atoms with E-state index in [1.54, 1.807) is 27.7 Å². The Morgan fingerprint density at radius 1 is 1.32 bits per heavy atom. The minimum atomic E-state index is -0.726. The van der Waals surface area contributed by atoms with Gasteiger partial charge in [-0.25, -0.2) is 4.79 Å². The van der Waals surface area contributed by atoms with E-state index in [9.17, 15) is 14.7 Å². The first kappa shape index (κ1) is 15.8. The molecule has 0 aliphatic carbocycles. The molecule has 0 unspecified atom stereocenters. The van der Waals surface area contributed by atoms with Gasteiger partial charge >= 0.3 is 12.1 Å². The molecule has 0 saturated carbocycles. The van der Waals surface area contributed by atoms with Crippen molar-refractivity contribution in [2.45, 2.75) is 45.8 Å². The Balaban J connectivity index is 2.64. The van der Waals surface area contributed by atoms with Gasteiger partial charge in [0.05, 0.1) is 18.6 Å². The van der Waals surface area contributed by atoms with Crippen LogP contribution in [0.15, 0.2) is 0 Å². The third-order valence-corrected chi connectivity index (χ3v) is 2.70. The van der Waals surface area contributed by atoms with E-state index in [0.717, 1.165) is 0 Å². The van der Waals surface area contributed by atoms with E-state index in [2.05, 4.69) is 0 Å². The zero-order valence-corrected chi connectivity index (χ0v) is 12.0. The quantitative estimate of drug-likeness (QED) is 0.764. The highest BCUT2D eigenvalue weighted by Gasteiger charge is 2.35. The summed E-state index contributed by atoms with van der Waals surface area (Å²) in [5.74, 6) is -0.869. The molecule has 1 N–H and O–H groups in total. The van der Waals surface area contributed by atoms with Crippen molar-refractivity contribution >= 4 is 12.1 Å². The summed E-state index contributed by atoms with van der Waals surface area (Å²) in [5, 5.41) is 9.76. The zero-order chi connectivity index (χ0) is 14.6. The van der Waals surface area contributed by atoms with Crippen LogP contribution in [0.2, 0.25) is 0 Å². The van der Waals surface area contributed by atoms with Gasteiger partial charge in [-0.3, -0.25) is 4.79 Å². The van der Waals surface area contributed by atoms with Gasteiger partial charge in [-0.2, -0.15) is 0 Å². The molecule has 0 radical (unpaired) electrons. The van der Waals surface area contributed by atoms with Crippen LogP contribution in [0, 0.1) is 5.92 Å². The number of nitrogens with zero attached hydrogens (tertiary/aromatic N) is 1. The van der Waals surface area contributed by atoms with Crippen molar-refractivity contribution in [3.8, 4) is 0 Å². The smallest absolute Gasteiger partial charge is 0.410 e. The van der Waals surface area contributed by atoms with Gasteiger partial charge in [0, 0.05) is 13.1 Å². The average molecular weight is 273 g/mol. The number of carbonyl (C=O) groups excluding carboxylic acids is 2. The third-order valence-electron chi connectivity index (χ3n) is 2.70. The van der Waals surface area contributed by atoms with Crippen molar-refractivity contribution < 1.29 is 24.2 Å². The molecule has 1 rings (SSSR count). The van der Waals surface area contributed by atoms with Crippen molar-refractivity contribution in [1.82, 2.24) is 4.90 Å². The van der Waals surface area contributed by atoms with Gasteiger partial charge in [-0.15, -0.1) is 0 Å². The molecule has 0 aromatic heterocycles. The van der Waals surface area contributed by atoms with Gasteiger partial charge in [-0.05, 0) is 34.1 Å². The minimum Gasteiger partial charge on any atom is -0.466 e. The van der Waals surface area contributed by atoms with E-state index >= 15 is 0 Å². The van der Waals surface area contributed by atoms with Crippen LogP contribution in [0.1, 0.15) is 34.1 Å². The van der Waals surface area contributed by atoms with Crippen LogP contribution < -0.4 is 0 Å². The molecular formula is C13H23NO5. The van der Waals surface area contributed by atoms with Crippen molar-refractivity contribution in [3.63, 3.8) is 0 Å². The van der Waals surface area contributed by atoms with Gasteiger partial charge < -0.3 is 19.5 Å². The molecule has 0 aromatic carbocycles. The van der Waals surface area contributed by atoms with Crippen molar-refractivity contribution in [2.24, 2.45) is 5.92 Å². The fourth-order valence-corrected chi connectivity index (χ4v) is 1.98. The van der Waals surface area contributed by atoms with E-state index in [1.807, 2.05) is 0 Å². The highest BCUT2D eigenvalue weighted by Crippen LogP contribution is 2.20. The van der Waals surface area contributed by atoms with Crippen LogP contribution in [-0.4, -0.2) is 53.5 Å². The van der Waals surface area contributed by atoms with Gasteiger partial charge in [0.15, 0.2) is 0 Å². The number of amides is 1. The Kier molecular flexibility index (Phi) is 5.17. The molecule has 1 amide bonds. The van der Waals surface area contributed by atoms with E-state index < -0.39 is 23.7 Å². The summed E-state index contributed by atoms with van der Waals surface area (Å²) in [4.78, 5) is 25.0. The molecule has 0 spiro atoms. The number of rotatable bonds is 2. The summed E-state index contributed by atoms with van der Waals surface area (Å²) in [6, 6.07) is 0. The monoisotopic (exact) mass is 273 g/mol. The molecule has 6 heteroatoms. The number of hydrogen-bond donors (Lipinski definition) is 1. The Bertz CT molecular complexity index is 336. The number of piperidine rings is 1. The maximum atomic E-state index is 11.9. The van der Waals surface area contributed by atoms with Crippen LogP contribution in [0.5, 0.6) is 0 Å². The van der Waals surface area contributed by atoms with Crippen molar-refractivity contribution in [2.75, 3.05) is 19.7 Å². The predicted octanol–water partition coefficient (Wildman–Crippen LogP) is 1.17. The first-order valence-corrected chi connectivity index (χ1v) is 6.55. The third kappa shape index (κ3) is 5.06. The van der Waals surface area contributed by atoms with Crippen LogP contribution >= 0.6 is 0 Å².